The molecule has 1 heterocycles. The maximum Gasteiger partial charge on any atom is 0.335 e. The van der Waals surface area contributed by atoms with Gasteiger partial charge in [-0.15, -0.1) is 0 Å². The van der Waals surface area contributed by atoms with E-state index in [4.69, 9.17) is 14.3 Å². The molecule has 2 aromatic carbocycles. The summed E-state index contributed by atoms with van der Waals surface area (Å²) in [5, 5.41) is 8.60. The van der Waals surface area contributed by atoms with E-state index in [2.05, 4.69) is 9.71 Å². The largest absolute Gasteiger partial charge is 0.495 e. The first-order valence-corrected chi connectivity index (χ1v) is 8.94. The first kappa shape index (κ1) is 18.4. The summed E-state index contributed by atoms with van der Waals surface area (Å²) in [5.74, 6) is -1.59. The molecule has 140 valence electrons. The first-order chi connectivity index (χ1) is 12.8. The molecule has 0 amide bonds. The fourth-order valence-electron chi connectivity index (χ4n) is 2.21. The molecule has 0 radical (unpaired) electrons. The van der Waals surface area contributed by atoms with Crippen LogP contribution in [-0.4, -0.2) is 31.6 Å². The zero-order chi connectivity index (χ0) is 19.6. The molecular formula is C17H13FN2O6S. The number of hydrogen-bond acceptors (Lipinski definition) is 6. The number of nitrogens with zero attached hydrogens (tertiary/aromatic N) is 1. The maximum atomic E-state index is 13.0. The van der Waals surface area contributed by atoms with Crippen molar-refractivity contribution in [2.24, 2.45) is 0 Å². The van der Waals surface area contributed by atoms with Crippen molar-refractivity contribution >= 4 is 21.7 Å². The van der Waals surface area contributed by atoms with Crippen LogP contribution in [0.15, 0.2) is 58.2 Å². The molecule has 0 bridgehead atoms. The number of carboxylic acids is 1. The molecule has 2 N–H and O–H groups in total. The van der Waals surface area contributed by atoms with Crippen molar-refractivity contribution < 1.29 is 31.9 Å². The fourth-order valence-corrected chi connectivity index (χ4v) is 3.15. The second-order valence-electron chi connectivity index (χ2n) is 5.32. The lowest BCUT2D eigenvalue weighted by Gasteiger charge is -2.11. The Morgan fingerprint density at radius 1 is 1.22 bits per heavy atom. The molecule has 0 aliphatic carbocycles. The van der Waals surface area contributed by atoms with E-state index < -0.39 is 26.8 Å². The van der Waals surface area contributed by atoms with Gasteiger partial charge in [0.1, 0.15) is 17.8 Å². The third-order valence-electron chi connectivity index (χ3n) is 3.54. The van der Waals surface area contributed by atoms with E-state index in [1.165, 1.54) is 49.6 Å². The van der Waals surface area contributed by atoms with Crippen molar-refractivity contribution in [3.8, 4) is 17.2 Å². The predicted octanol–water partition coefficient (Wildman–Crippen LogP) is 2.99. The van der Waals surface area contributed by atoms with E-state index in [1.54, 1.807) is 0 Å². The van der Waals surface area contributed by atoms with Gasteiger partial charge in [-0.25, -0.2) is 9.18 Å². The second kappa shape index (κ2) is 7.08. The predicted molar refractivity (Wildman–Crippen MR) is 92.7 cm³/mol. The summed E-state index contributed by atoms with van der Waals surface area (Å²) >= 11 is 0. The van der Waals surface area contributed by atoms with Gasteiger partial charge in [0.15, 0.2) is 0 Å². The lowest BCUT2D eigenvalue weighted by atomic mass is 10.2. The number of oxazole rings is 1. The van der Waals surface area contributed by atoms with Gasteiger partial charge < -0.3 is 14.3 Å². The highest BCUT2D eigenvalue weighted by Crippen LogP contribution is 2.29. The van der Waals surface area contributed by atoms with Crippen LogP contribution >= 0.6 is 0 Å². The Labute approximate surface area is 153 Å². The van der Waals surface area contributed by atoms with Crippen molar-refractivity contribution in [2.75, 3.05) is 11.8 Å². The lowest BCUT2D eigenvalue weighted by molar-refractivity contribution is 0.0696. The zero-order valence-corrected chi connectivity index (χ0v) is 14.7. The van der Waals surface area contributed by atoms with Crippen LogP contribution in [0.25, 0.3) is 11.5 Å². The Morgan fingerprint density at radius 3 is 2.56 bits per heavy atom. The summed E-state index contributed by atoms with van der Waals surface area (Å²) in [6.07, 6.45) is 0.944. The number of aromatic carboxylic acids is 1. The second-order valence-corrected chi connectivity index (χ2v) is 6.95. The van der Waals surface area contributed by atoms with Gasteiger partial charge >= 0.3 is 5.97 Å². The van der Waals surface area contributed by atoms with Crippen LogP contribution in [0.5, 0.6) is 5.75 Å². The van der Waals surface area contributed by atoms with E-state index in [9.17, 15) is 17.6 Å². The Bertz CT molecular complexity index is 1090. The molecular weight excluding hydrogens is 379 g/mol. The number of ether oxygens (including phenoxy) is 1. The molecule has 1 aromatic heterocycles. The number of halogens is 1. The molecule has 27 heavy (non-hydrogen) atoms. The number of aromatic nitrogens is 1. The molecule has 0 spiro atoms. The quantitative estimate of drug-likeness (QED) is 0.662. The summed E-state index contributed by atoms with van der Waals surface area (Å²) in [5.41, 5.74) is 0.380. The Balaban J connectivity index is 1.89. The van der Waals surface area contributed by atoms with Crippen LogP contribution in [0.1, 0.15) is 10.4 Å². The average Bonchev–Trinajstić information content (AvgIpc) is 3.13. The highest BCUT2D eigenvalue weighted by molar-refractivity contribution is 7.92. The fraction of sp³-hybridized carbons (Fsp3) is 0.0588. The molecule has 0 atom stereocenters. The molecule has 8 nitrogen and oxygen atoms in total. The highest BCUT2D eigenvalue weighted by Gasteiger charge is 2.22. The van der Waals surface area contributed by atoms with Gasteiger partial charge in [0.2, 0.25) is 10.9 Å². The Hall–Kier alpha value is -3.40. The molecule has 3 aromatic rings. The average molecular weight is 392 g/mol. The van der Waals surface area contributed by atoms with Crippen LogP contribution in [0.2, 0.25) is 0 Å². The Kier molecular flexibility index (Phi) is 4.82. The number of sulfonamides is 1. The van der Waals surface area contributed by atoms with Crippen LogP contribution in [0.3, 0.4) is 0 Å². The molecule has 0 unspecified atom stereocenters. The minimum atomic E-state index is -4.13. The van der Waals surface area contributed by atoms with Crippen molar-refractivity contribution in [1.82, 2.24) is 4.98 Å². The number of benzene rings is 2. The van der Waals surface area contributed by atoms with E-state index in [0.29, 0.717) is 5.56 Å². The van der Waals surface area contributed by atoms with E-state index in [0.717, 1.165) is 6.26 Å². The molecule has 0 fully saturated rings. The third kappa shape index (κ3) is 3.90. The summed E-state index contributed by atoms with van der Waals surface area (Å²) < 4.78 is 50.5. The number of carboxylic acid groups (broad SMARTS) is 1. The summed E-state index contributed by atoms with van der Waals surface area (Å²) in [7, 11) is -2.85. The summed E-state index contributed by atoms with van der Waals surface area (Å²) in [6.45, 7) is 0. The van der Waals surface area contributed by atoms with Gasteiger partial charge in [0.05, 0.1) is 18.4 Å². The van der Waals surface area contributed by atoms with Crippen molar-refractivity contribution in [3.05, 3.63) is 60.1 Å². The molecule has 0 saturated carbocycles. The minimum absolute atomic E-state index is 0.00330. The van der Waals surface area contributed by atoms with Crippen molar-refractivity contribution in [1.29, 1.82) is 0 Å². The van der Waals surface area contributed by atoms with E-state index >= 15 is 0 Å². The molecule has 0 saturated heterocycles. The number of rotatable bonds is 6. The molecule has 0 aliphatic heterocycles. The normalized spacial score (nSPS) is 11.2. The number of hydrogen-bond donors (Lipinski definition) is 2. The summed E-state index contributed by atoms with van der Waals surface area (Å²) in [6, 6.07) is 8.88. The summed E-state index contributed by atoms with van der Waals surface area (Å²) in [4.78, 5) is 14.9. The molecule has 10 heteroatoms. The van der Waals surface area contributed by atoms with Crippen molar-refractivity contribution in [3.63, 3.8) is 0 Å². The van der Waals surface area contributed by atoms with Gasteiger partial charge in [-0.3, -0.25) is 4.72 Å². The van der Waals surface area contributed by atoms with E-state index in [-0.39, 0.29) is 22.9 Å². The topological polar surface area (TPSA) is 119 Å². The smallest absolute Gasteiger partial charge is 0.335 e. The van der Waals surface area contributed by atoms with Crippen LogP contribution < -0.4 is 9.46 Å². The molecule has 3 rings (SSSR count). The van der Waals surface area contributed by atoms with Gasteiger partial charge in [-0.2, -0.15) is 13.4 Å². The number of methoxy groups -OCH3 is 1. The Morgan fingerprint density at radius 2 is 1.93 bits per heavy atom. The van der Waals surface area contributed by atoms with Gasteiger partial charge in [-0.1, -0.05) is 0 Å². The monoisotopic (exact) mass is 392 g/mol. The highest BCUT2D eigenvalue weighted by atomic mass is 32.2. The van der Waals surface area contributed by atoms with Gasteiger partial charge in [0, 0.05) is 5.56 Å². The van der Waals surface area contributed by atoms with Crippen LogP contribution in [-0.2, 0) is 10.0 Å². The number of nitrogens with one attached hydrogen (secondary N) is 1. The minimum Gasteiger partial charge on any atom is -0.495 e. The molecule has 0 aliphatic rings. The number of carbonyl (C=O) groups is 1. The van der Waals surface area contributed by atoms with Gasteiger partial charge in [-0.05, 0) is 42.5 Å². The number of anilines is 1. The van der Waals surface area contributed by atoms with Gasteiger partial charge in [0.25, 0.3) is 10.0 Å². The van der Waals surface area contributed by atoms with Crippen LogP contribution in [0, 0.1) is 5.82 Å². The first-order valence-electron chi connectivity index (χ1n) is 7.46. The maximum absolute atomic E-state index is 13.0. The SMILES string of the molecule is COc1cc(C(=O)O)ccc1NS(=O)(=O)c1coc(-c2ccc(F)cc2)n1. The third-order valence-corrected chi connectivity index (χ3v) is 4.77. The zero-order valence-electron chi connectivity index (χ0n) is 13.8. The standard InChI is InChI=1S/C17H13FN2O6S/c1-25-14-8-11(17(21)22)4-7-13(14)20-27(23,24)15-9-26-16(19-15)10-2-5-12(18)6-3-10/h2-9,20H,1H3,(H,21,22). The van der Waals surface area contributed by atoms with Crippen LogP contribution in [0.4, 0.5) is 10.1 Å². The van der Waals surface area contributed by atoms with E-state index in [1.807, 2.05) is 0 Å². The van der Waals surface area contributed by atoms with Crippen molar-refractivity contribution in [2.45, 2.75) is 5.03 Å². The lowest BCUT2D eigenvalue weighted by Crippen LogP contribution is -2.14.